The molecule has 1 N–H and O–H groups in total. The fourth-order valence-corrected chi connectivity index (χ4v) is 3.17. The number of benzene rings is 1. The number of aromatic nitrogens is 3. The Morgan fingerprint density at radius 2 is 2.29 bits per heavy atom. The van der Waals surface area contributed by atoms with Crippen molar-refractivity contribution in [3.8, 4) is 0 Å². The predicted octanol–water partition coefficient (Wildman–Crippen LogP) is 0.654. The molecule has 0 bridgehead atoms. The van der Waals surface area contributed by atoms with E-state index in [-0.39, 0.29) is 17.1 Å². The molecule has 0 unspecified atom stereocenters. The number of rotatable bonds is 2. The van der Waals surface area contributed by atoms with Crippen LogP contribution in [0, 0.1) is 17.0 Å². The molecule has 1 aliphatic heterocycles. The van der Waals surface area contributed by atoms with Crippen LogP contribution in [0.4, 0.5) is 5.69 Å². The maximum absolute atomic E-state index is 11.5. The van der Waals surface area contributed by atoms with Crippen LogP contribution in [0.5, 0.6) is 0 Å². The molecule has 8 nitrogen and oxygen atoms in total. The van der Waals surface area contributed by atoms with Gasteiger partial charge in [-0.15, -0.1) is 0 Å². The third-order valence-corrected chi connectivity index (χ3v) is 4.28. The van der Waals surface area contributed by atoms with Crippen molar-refractivity contribution in [3.05, 3.63) is 56.0 Å². The van der Waals surface area contributed by atoms with Gasteiger partial charge in [0.15, 0.2) is 10.9 Å². The fourth-order valence-electron chi connectivity index (χ4n) is 2.09. The van der Waals surface area contributed by atoms with E-state index in [0.29, 0.717) is 10.7 Å². The lowest BCUT2D eigenvalue weighted by molar-refractivity contribution is -0.385. The van der Waals surface area contributed by atoms with Crippen molar-refractivity contribution in [2.24, 2.45) is 0 Å². The molecule has 0 radical (unpaired) electrons. The zero-order valence-corrected chi connectivity index (χ0v) is 11.7. The number of nitrogens with zero attached hydrogens (tertiary/aromatic N) is 4. The maximum atomic E-state index is 11.5. The van der Waals surface area contributed by atoms with E-state index in [1.165, 1.54) is 41.6 Å². The van der Waals surface area contributed by atoms with Gasteiger partial charge in [0.05, 0.1) is 10.7 Å². The Morgan fingerprint density at radius 3 is 3.00 bits per heavy atom. The largest absolute Gasteiger partial charge is 0.365 e. The molecule has 2 aromatic rings. The van der Waals surface area contributed by atoms with Gasteiger partial charge in [-0.05, 0) is 6.92 Å². The van der Waals surface area contributed by atoms with Gasteiger partial charge in [-0.1, -0.05) is 23.9 Å². The van der Waals surface area contributed by atoms with Crippen LogP contribution < -0.4 is 5.56 Å². The first-order valence-electron chi connectivity index (χ1n) is 6.00. The highest BCUT2D eigenvalue weighted by atomic mass is 32.2. The molecule has 1 aromatic heterocycles. The number of nitro groups is 1. The molecule has 0 saturated carbocycles. The normalized spacial score (nSPS) is 20.3. The van der Waals surface area contributed by atoms with Crippen LogP contribution in [0.1, 0.15) is 11.3 Å². The lowest BCUT2D eigenvalue weighted by Crippen LogP contribution is -2.37. The SMILES string of the molecule is Cc1nn2c(nc1=O)SC[C@@]2(O)c1cccc([N+](=O)[O-])c1. The topological polar surface area (TPSA) is 111 Å². The summed E-state index contributed by atoms with van der Waals surface area (Å²) in [5.41, 5.74) is -1.63. The van der Waals surface area contributed by atoms with Crippen LogP contribution in [0.2, 0.25) is 0 Å². The number of fused-ring (bicyclic) bond motifs is 1. The van der Waals surface area contributed by atoms with E-state index in [4.69, 9.17) is 0 Å². The van der Waals surface area contributed by atoms with Gasteiger partial charge in [0.2, 0.25) is 0 Å². The van der Waals surface area contributed by atoms with Crippen LogP contribution in [-0.2, 0) is 5.72 Å². The minimum atomic E-state index is -1.56. The summed E-state index contributed by atoms with van der Waals surface area (Å²) in [6.07, 6.45) is 0. The summed E-state index contributed by atoms with van der Waals surface area (Å²) in [7, 11) is 0. The van der Waals surface area contributed by atoms with Gasteiger partial charge in [0, 0.05) is 17.7 Å². The van der Waals surface area contributed by atoms with Crippen molar-refractivity contribution in [1.82, 2.24) is 14.8 Å². The monoisotopic (exact) mass is 306 g/mol. The summed E-state index contributed by atoms with van der Waals surface area (Å²) >= 11 is 1.18. The Hall–Kier alpha value is -2.26. The van der Waals surface area contributed by atoms with Crippen LogP contribution in [-0.4, -0.2) is 30.5 Å². The van der Waals surface area contributed by atoms with Crippen molar-refractivity contribution in [2.45, 2.75) is 17.8 Å². The first kappa shape index (κ1) is 13.7. The van der Waals surface area contributed by atoms with Crippen molar-refractivity contribution in [2.75, 3.05) is 5.75 Å². The summed E-state index contributed by atoms with van der Waals surface area (Å²) < 4.78 is 1.24. The van der Waals surface area contributed by atoms with Gasteiger partial charge < -0.3 is 5.11 Å². The number of non-ortho nitro benzene ring substituents is 1. The zero-order chi connectivity index (χ0) is 15.2. The Labute approximate surface area is 122 Å². The van der Waals surface area contributed by atoms with Crippen molar-refractivity contribution in [3.63, 3.8) is 0 Å². The number of aryl methyl sites for hydroxylation is 1. The number of nitro benzene ring substituents is 1. The van der Waals surface area contributed by atoms with Crippen LogP contribution in [0.3, 0.4) is 0 Å². The highest BCUT2D eigenvalue weighted by Crippen LogP contribution is 2.38. The number of aliphatic hydroxyl groups is 1. The van der Waals surface area contributed by atoms with Gasteiger partial charge >= 0.3 is 0 Å². The van der Waals surface area contributed by atoms with Gasteiger partial charge in [0.1, 0.15) is 5.69 Å². The van der Waals surface area contributed by atoms with E-state index >= 15 is 0 Å². The van der Waals surface area contributed by atoms with Crippen LogP contribution in [0.25, 0.3) is 0 Å². The highest BCUT2D eigenvalue weighted by Gasteiger charge is 2.41. The molecule has 9 heteroatoms. The molecule has 1 aliphatic rings. The second kappa shape index (κ2) is 4.64. The quantitative estimate of drug-likeness (QED) is 0.640. The molecule has 3 rings (SSSR count). The van der Waals surface area contributed by atoms with E-state index in [1.54, 1.807) is 6.07 Å². The van der Waals surface area contributed by atoms with E-state index in [9.17, 15) is 20.0 Å². The number of hydrogen-bond donors (Lipinski definition) is 1. The van der Waals surface area contributed by atoms with Crippen molar-refractivity contribution < 1.29 is 10.0 Å². The third kappa shape index (κ3) is 2.10. The van der Waals surface area contributed by atoms with E-state index < -0.39 is 16.2 Å². The van der Waals surface area contributed by atoms with E-state index in [0.717, 1.165) is 0 Å². The average Bonchev–Trinajstić information content (AvgIpc) is 2.78. The molecule has 2 heterocycles. The molecular formula is C12H10N4O4S. The van der Waals surface area contributed by atoms with Gasteiger partial charge in [0.25, 0.3) is 11.2 Å². The summed E-state index contributed by atoms with van der Waals surface area (Å²) in [5, 5.41) is 26.1. The minimum Gasteiger partial charge on any atom is -0.365 e. The molecule has 1 aromatic carbocycles. The summed E-state index contributed by atoms with van der Waals surface area (Å²) in [6.45, 7) is 1.50. The molecule has 21 heavy (non-hydrogen) atoms. The Balaban J connectivity index is 2.17. The molecule has 108 valence electrons. The zero-order valence-electron chi connectivity index (χ0n) is 10.9. The first-order valence-corrected chi connectivity index (χ1v) is 6.99. The lowest BCUT2D eigenvalue weighted by atomic mass is 10.0. The third-order valence-electron chi connectivity index (χ3n) is 3.21. The second-order valence-corrected chi connectivity index (χ2v) is 5.55. The average molecular weight is 306 g/mol. The minimum absolute atomic E-state index is 0.120. The van der Waals surface area contributed by atoms with Crippen molar-refractivity contribution in [1.29, 1.82) is 0 Å². The lowest BCUT2D eigenvalue weighted by Gasteiger charge is -2.24. The fraction of sp³-hybridized carbons (Fsp3) is 0.250. The van der Waals surface area contributed by atoms with Crippen molar-refractivity contribution >= 4 is 17.4 Å². The van der Waals surface area contributed by atoms with E-state index in [1.807, 2.05) is 0 Å². The number of thioether (sulfide) groups is 1. The molecule has 0 amide bonds. The van der Waals surface area contributed by atoms with Gasteiger partial charge in [-0.3, -0.25) is 14.9 Å². The second-order valence-electron chi connectivity index (χ2n) is 4.61. The highest BCUT2D eigenvalue weighted by molar-refractivity contribution is 7.99. The summed E-state index contributed by atoms with van der Waals surface area (Å²) in [4.78, 5) is 25.7. The molecule has 0 spiro atoms. The summed E-state index contributed by atoms with van der Waals surface area (Å²) in [6, 6.07) is 5.72. The molecule has 0 aliphatic carbocycles. The molecule has 1 atom stereocenters. The standard InChI is InChI=1S/C12H10N4O4S/c1-7-10(17)13-11-15(14-7)12(18,6-21-11)8-3-2-4-9(5-8)16(19)20/h2-5,18H,6H2,1H3/t12-/m1/s1. The predicted molar refractivity (Wildman–Crippen MR) is 74.1 cm³/mol. The molecule has 0 fully saturated rings. The summed E-state index contributed by atoms with van der Waals surface area (Å²) in [5.74, 6) is 0.178. The number of hydrogen-bond acceptors (Lipinski definition) is 7. The Morgan fingerprint density at radius 1 is 1.52 bits per heavy atom. The maximum Gasteiger partial charge on any atom is 0.295 e. The molecular weight excluding hydrogens is 296 g/mol. The van der Waals surface area contributed by atoms with Crippen LogP contribution in [0.15, 0.2) is 34.2 Å². The Kier molecular flexibility index (Phi) is 3.03. The van der Waals surface area contributed by atoms with Gasteiger partial charge in [-0.25, -0.2) is 4.68 Å². The van der Waals surface area contributed by atoms with Crippen LogP contribution >= 0.6 is 11.8 Å². The smallest absolute Gasteiger partial charge is 0.295 e. The van der Waals surface area contributed by atoms with E-state index in [2.05, 4.69) is 10.1 Å². The first-order chi connectivity index (χ1) is 9.91. The Bertz CT molecular complexity index is 806. The van der Waals surface area contributed by atoms with Gasteiger partial charge in [-0.2, -0.15) is 10.1 Å². The molecule has 0 saturated heterocycles.